The average Bonchev–Trinajstić information content (AvgIpc) is 3.10. The first-order chi connectivity index (χ1) is 14.2. The van der Waals surface area contributed by atoms with E-state index in [1.54, 1.807) is 18.0 Å². The molecular weight excluding hydrogens is 413 g/mol. The summed E-state index contributed by atoms with van der Waals surface area (Å²) in [6, 6.07) is 5.58. The molecule has 1 aromatic carbocycles. The van der Waals surface area contributed by atoms with Gasteiger partial charge in [0.1, 0.15) is 0 Å². The van der Waals surface area contributed by atoms with Crippen LogP contribution in [0.15, 0.2) is 18.2 Å². The van der Waals surface area contributed by atoms with Crippen molar-refractivity contribution in [1.29, 1.82) is 5.26 Å². The molecule has 1 saturated carbocycles. The molecule has 2 amide bonds. The van der Waals surface area contributed by atoms with Crippen molar-refractivity contribution in [1.82, 2.24) is 14.5 Å². The number of carbonyl (C=O) groups excluding carboxylic acids is 1. The number of hydrogen-bond acceptors (Lipinski definition) is 4. The zero-order valence-corrected chi connectivity index (χ0v) is 17.3. The van der Waals surface area contributed by atoms with Crippen molar-refractivity contribution in [3.63, 3.8) is 0 Å². The van der Waals surface area contributed by atoms with Crippen molar-refractivity contribution < 1.29 is 18.0 Å². The highest BCUT2D eigenvalue weighted by atomic mass is 32.2. The van der Waals surface area contributed by atoms with Crippen molar-refractivity contribution in [3.05, 3.63) is 34.9 Å². The Labute approximate surface area is 177 Å². The predicted octanol–water partition coefficient (Wildman–Crippen LogP) is 3.65. The second-order valence-corrected chi connectivity index (χ2v) is 10.4. The van der Waals surface area contributed by atoms with Gasteiger partial charge in [-0.15, -0.1) is 0 Å². The standard InChI is InChI=1S/C21H23F3N4OS/c22-21(23,24)17-5-14(3-15(6-17)9-25)4-16-7-19(8-16)10-27(11-19)18(29)28-12-20(13-28)1-2-30-26-20/h3,5-6,16,26H,1-2,4,7-8,10-13H2. The molecule has 160 valence electrons. The van der Waals surface area contributed by atoms with Crippen molar-refractivity contribution in [2.24, 2.45) is 11.3 Å². The molecule has 2 spiro atoms. The van der Waals surface area contributed by atoms with E-state index in [1.807, 2.05) is 15.9 Å². The van der Waals surface area contributed by atoms with Crippen molar-refractivity contribution in [2.75, 3.05) is 31.9 Å². The summed E-state index contributed by atoms with van der Waals surface area (Å²) in [6.45, 7) is 3.06. The van der Waals surface area contributed by atoms with Gasteiger partial charge in [0, 0.05) is 37.3 Å². The first kappa shape index (κ1) is 20.0. The molecule has 0 bridgehead atoms. The van der Waals surface area contributed by atoms with Crippen molar-refractivity contribution in [2.45, 2.75) is 37.4 Å². The SMILES string of the molecule is N#Cc1cc(CC2CC3(C2)CN(C(=O)N2CC4(CCSN4)C2)C3)cc(C(F)(F)F)c1. The van der Waals surface area contributed by atoms with Gasteiger partial charge in [-0.05, 0) is 55.4 Å². The highest BCUT2D eigenvalue weighted by Crippen LogP contribution is 2.53. The van der Waals surface area contributed by atoms with Crippen LogP contribution in [0.3, 0.4) is 0 Å². The summed E-state index contributed by atoms with van der Waals surface area (Å²) < 4.78 is 42.6. The molecule has 5 nitrogen and oxygen atoms in total. The summed E-state index contributed by atoms with van der Waals surface area (Å²) in [5, 5.41) is 9.04. The van der Waals surface area contributed by atoms with Crippen LogP contribution in [0.5, 0.6) is 0 Å². The fourth-order valence-corrected chi connectivity index (χ4v) is 6.71. The van der Waals surface area contributed by atoms with Gasteiger partial charge < -0.3 is 9.80 Å². The molecule has 5 rings (SSSR count). The number of hydrogen-bond donors (Lipinski definition) is 1. The maximum Gasteiger partial charge on any atom is 0.416 e. The number of nitrogens with one attached hydrogen (secondary N) is 1. The number of carbonyl (C=O) groups is 1. The molecule has 4 fully saturated rings. The Morgan fingerprint density at radius 1 is 1.20 bits per heavy atom. The largest absolute Gasteiger partial charge is 0.416 e. The van der Waals surface area contributed by atoms with Crippen LogP contribution in [0, 0.1) is 22.7 Å². The summed E-state index contributed by atoms with van der Waals surface area (Å²) in [5.74, 6) is 1.40. The van der Waals surface area contributed by atoms with Gasteiger partial charge in [-0.25, -0.2) is 4.79 Å². The van der Waals surface area contributed by atoms with Gasteiger partial charge in [0.15, 0.2) is 0 Å². The van der Waals surface area contributed by atoms with E-state index < -0.39 is 11.7 Å². The number of urea groups is 1. The summed E-state index contributed by atoms with van der Waals surface area (Å²) in [4.78, 5) is 16.4. The second kappa shape index (κ2) is 6.79. The molecule has 1 aromatic rings. The Balaban J connectivity index is 1.12. The Morgan fingerprint density at radius 2 is 1.90 bits per heavy atom. The first-order valence-electron chi connectivity index (χ1n) is 10.2. The van der Waals surface area contributed by atoms with E-state index >= 15 is 0 Å². The number of benzene rings is 1. The third-order valence-corrected chi connectivity index (χ3v) is 7.95. The average molecular weight is 437 g/mol. The number of nitrogens with zero attached hydrogens (tertiary/aromatic N) is 3. The van der Waals surface area contributed by atoms with Gasteiger partial charge in [-0.2, -0.15) is 18.4 Å². The lowest BCUT2D eigenvalue weighted by molar-refractivity contribution is -0.137. The lowest BCUT2D eigenvalue weighted by Gasteiger charge is -2.61. The monoisotopic (exact) mass is 436 g/mol. The Hall–Kier alpha value is -1.92. The van der Waals surface area contributed by atoms with E-state index in [1.165, 1.54) is 0 Å². The summed E-state index contributed by atoms with van der Waals surface area (Å²) in [7, 11) is 0. The van der Waals surface area contributed by atoms with Crippen LogP contribution >= 0.6 is 11.9 Å². The molecule has 1 N–H and O–H groups in total. The quantitative estimate of drug-likeness (QED) is 0.719. The van der Waals surface area contributed by atoms with E-state index in [0.29, 0.717) is 17.9 Å². The fraction of sp³-hybridized carbons (Fsp3) is 0.619. The molecule has 30 heavy (non-hydrogen) atoms. The van der Waals surface area contributed by atoms with E-state index in [0.717, 1.165) is 63.3 Å². The fourth-order valence-electron chi connectivity index (χ4n) is 5.58. The highest BCUT2D eigenvalue weighted by molar-refractivity contribution is 7.97. The first-order valence-corrected chi connectivity index (χ1v) is 11.2. The summed E-state index contributed by atoms with van der Waals surface area (Å²) >= 11 is 1.73. The molecule has 3 heterocycles. The van der Waals surface area contributed by atoms with Crippen LogP contribution in [-0.2, 0) is 12.6 Å². The zero-order valence-electron chi connectivity index (χ0n) is 16.5. The van der Waals surface area contributed by atoms with E-state index in [9.17, 15) is 18.0 Å². The molecule has 0 radical (unpaired) electrons. The maximum atomic E-state index is 13.1. The Bertz CT molecular complexity index is 900. The topological polar surface area (TPSA) is 59.4 Å². The van der Waals surface area contributed by atoms with Gasteiger partial charge in [0.25, 0.3) is 0 Å². The minimum absolute atomic E-state index is 0.0525. The third-order valence-electron chi connectivity index (χ3n) is 6.97. The maximum absolute atomic E-state index is 13.1. The second-order valence-electron chi connectivity index (χ2n) is 9.48. The number of halogens is 3. The van der Waals surface area contributed by atoms with Crippen LogP contribution in [0.2, 0.25) is 0 Å². The Morgan fingerprint density at radius 3 is 2.50 bits per heavy atom. The van der Waals surface area contributed by atoms with Gasteiger partial charge in [-0.1, -0.05) is 11.9 Å². The van der Waals surface area contributed by atoms with Crippen LogP contribution in [-0.4, -0.2) is 53.3 Å². The number of nitriles is 1. The van der Waals surface area contributed by atoms with Gasteiger partial charge in [0.05, 0.1) is 22.7 Å². The molecule has 0 atom stereocenters. The molecular formula is C21H23F3N4OS. The van der Waals surface area contributed by atoms with Crippen molar-refractivity contribution >= 4 is 18.0 Å². The number of likely N-dealkylation sites (tertiary alicyclic amines) is 2. The third kappa shape index (κ3) is 3.44. The Kier molecular flexibility index (Phi) is 4.53. The molecule has 3 aliphatic heterocycles. The van der Waals surface area contributed by atoms with Gasteiger partial charge in [0.2, 0.25) is 0 Å². The van der Waals surface area contributed by atoms with Crippen LogP contribution in [0.1, 0.15) is 36.0 Å². The highest BCUT2D eigenvalue weighted by Gasteiger charge is 2.56. The minimum Gasteiger partial charge on any atom is -0.323 e. The predicted molar refractivity (Wildman–Crippen MR) is 107 cm³/mol. The number of alkyl halides is 3. The molecule has 4 aliphatic rings. The molecule has 3 saturated heterocycles. The molecule has 9 heteroatoms. The van der Waals surface area contributed by atoms with Crippen LogP contribution in [0.25, 0.3) is 0 Å². The summed E-state index contributed by atoms with van der Waals surface area (Å²) in [5.41, 5.74) is 0.133. The molecule has 1 aliphatic carbocycles. The van der Waals surface area contributed by atoms with Crippen LogP contribution in [0.4, 0.5) is 18.0 Å². The normalized spacial score (nSPS) is 24.3. The van der Waals surface area contributed by atoms with E-state index in [4.69, 9.17) is 5.26 Å². The summed E-state index contributed by atoms with van der Waals surface area (Å²) in [6.07, 6.45) is -0.935. The van der Waals surface area contributed by atoms with E-state index in [2.05, 4.69) is 4.72 Å². The zero-order chi connectivity index (χ0) is 21.1. The van der Waals surface area contributed by atoms with Crippen LogP contribution < -0.4 is 4.72 Å². The number of rotatable bonds is 2. The molecule has 0 unspecified atom stereocenters. The molecule has 0 aromatic heterocycles. The minimum atomic E-state index is -4.45. The lowest BCUT2D eigenvalue weighted by atomic mass is 9.56. The van der Waals surface area contributed by atoms with E-state index in [-0.39, 0.29) is 22.5 Å². The van der Waals surface area contributed by atoms with Crippen molar-refractivity contribution in [3.8, 4) is 6.07 Å². The smallest absolute Gasteiger partial charge is 0.323 e. The lowest BCUT2D eigenvalue weighted by Crippen LogP contribution is -2.73. The number of amides is 2. The van der Waals surface area contributed by atoms with Gasteiger partial charge in [-0.3, -0.25) is 4.72 Å². The van der Waals surface area contributed by atoms with Gasteiger partial charge >= 0.3 is 12.2 Å².